The van der Waals surface area contributed by atoms with E-state index in [1.165, 1.54) is 0 Å². The van der Waals surface area contributed by atoms with Gasteiger partial charge in [-0.2, -0.15) is 0 Å². The number of piperazine rings is 1. The zero-order chi connectivity index (χ0) is 21.5. The van der Waals surface area contributed by atoms with Crippen LogP contribution in [-0.4, -0.2) is 65.7 Å². The maximum atomic E-state index is 12.6. The first-order chi connectivity index (χ1) is 15.2. The van der Waals surface area contributed by atoms with Gasteiger partial charge in [-0.15, -0.1) is 10.2 Å². The number of carbonyl (C=O) groups is 1. The van der Waals surface area contributed by atoms with Crippen LogP contribution in [0.5, 0.6) is 5.75 Å². The lowest BCUT2D eigenvalue weighted by atomic mass is 10.1. The van der Waals surface area contributed by atoms with E-state index < -0.39 is 0 Å². The van der Waals surface area contributed by atoms with E-state index in [1.807, 2.05) is 59.5 Å². The van der Waals surface area contributed by atoms with Crippen LogP contribution in [0.15, 0.2) is 59.0 Å². The zero-order valence-electron chi connectivity index (χ0n) is 17.9. The lowest BCUT2D eigenvalue weighted by Crippen LogP contribution is -2.49. The van der Waals surface area contributed by atoms with E-state index in [4.69, 9.17) is 9.15 Å². The van der Waals surface area contributed by atoms with Gasteiger partial charge in [-0.25, -0.2) is 0 Å². The van der Waals surface area contributed by atoms with Crippen LogP contribution >= 0.6 is 0 Å². The van der Waals surface area contributed by atoms with Crippen molar-refractivity contribution in [1.82, 2.24) is 20.0 Å². The quantitative estimate of drug-likeness (QED) is 0.558. The lowest BCUT2D eigenvalue weighted by molar-refractivity contribution is -0.132. The molecule has 7 nitrogen and oxygen atoms in total. The van der Waals surface area contributed by atoms with E-state index in [0.717, 1.165) is 56.0 Å². The first-order valence-electron chi connectivity index (χ1n) is 10.7. The van der Waals surface area contributed by atoms with Gasteiger partial charge in [0.15, 0.2) is 0 Å². The molecule has 0 bridgehead atoms. The number of carbonyl (C=O) groups excluding carboxylic acids is 1. The van der Waals surface area contributed by atoms with Gasteiger partial charge in [0.05, 0.1) is 7.11 Å². The molecule has 1 saturated heterocycles. The first-order valence-corrected chi connectivity index (χ1v) is 10.7. The molecule has 0 atom stereocenters. The molecule has 1 fully saturated rings. The fourth-order valence-electron chi connectivity index (χ4n) is 3.76. The number of hydrogen-bond donors (Lipinski definition) is 0. The Morgan fingerprint density at radius 2 is 1.81 bits per heavy atom. The molecule has 4 rings (SSSR count). The number of ether oxygens (including phenoxy) is 1. The molecule has 1 aliphatic heterocycles. The second-order valence-corrected chi connectivity index (χ2v) is 7.69. The maximum absolute atomic E-state index is 12.6. The highest BCUT2D eigenvalue weighted by Gasteiger charge is 2.21. The normalized spacial score (nSPS) is 14.5. The first kappa shape index (κ1) is 21.1. The Labute approximate surface area is 182 Å². The van der Waals surface area contributed by atoms with Gasteiger partial charge in [0.25, 0.3) is 0 Å². The van der Waals surface area contributed by atoms with Crippen LogP contribution in [0.1, 0.15) is 17.9 Å². The molecule has 0 N–H and O–H groups in total. The molecule has 2 aromatic carbocycles. The Morgan fingerprint density at radius 1 is 1.00 bits per heavy atom. The summed E-state index contributed by atoms with van der Waals surface area (Å²) < 4.78 is 11.0. The number of rotatable bonds is 8. The third-order valence-electron chi connectivity index (χ3n) is 5.62. The highest BCUT2D eigenvalue weighted by molar-refractivity contribution is 5.76. The Morgan fingerprint density at radius 3 is 2.58 bits per heavy atom. The van der Waals surface area contributed by atoms with Crippen LogP contribution in [0.4, 0.5) is 0 Å². The van der Waals surface area contributed by atoms with Gasteiger partial charge in [0, 0.05) is 51.1 Å². The maximum Gasteiger partial charge on any atom is 0.247 e. The van der Waals surface area contributed by atoms with Gasteiger partial charge in [0.1, 0.15) is 5.75 Å². The standard InChI is InChI=1S/C24H28N4O3/c1-30-21-9-5-6-19(18-21)10-11-23(29)28-16-14-27(15-17-28)13-12-22-25-26-24(31-22)20-7-3-2-4-8-20/h2-9,18H,10-17H2,1H3. The Kier molecular flexibility index (Phi) is 6.94. The van der Waals surface area contributed by atoms with Crippen molar-refractivity contribution in [3.63, 3.8) is 0 Å². The minimum atomic E-state index is 0.215. The summed E-state index contributed by atoms with van der Waals surface area (Å²) in [6, 6.07) is 17.7. The molecule has 0 spiro atoms. The van der Waals surface area contributed by atoms with Crippen molar-refractivity contribution < 1.29 is 13.9 Å². The van der Waals surface area contributed by atoms with Crippen molar-refractivity contribution in [2.24, 2.45) is 0 Å². The monoisotopic (exact) mass is 420 g/mol. The topological polar surface area (TPSA) is 71.7 Å². The molecule has 7 heteroatoms. The van der Waals surface area contributed by atoms with Crippen LogP contribution < -0.4 is 4.74 Å². The number of hydrogen-bond acceptors (Lipinski definition) is 6. The molecule has 1 amide bonds. The number of methoxy groups -OCH3 is 1. The Bertz CT molecular complexity index is 981. The minimum absolute atomic E-state index is 0.215. The summed E-state index contributed by atoms with van der Waals surface area (Å²) in [5, 5.41) is 8.31. The zero-order valence-corrected chi connectivity index (χ0v) is 17.9. The molecule has 162 valence electrons. The number of nitrogens with zero attached hydrogens (tertiary/aromatic N) is 4. The van der Waals surface area contributed by atoms with Gasteiger partial charge in [-0.3, -0.25) is 9.69 Å². The smallest absolute Gasteiger partial charge is 0.247 e. The van der Waals surface area contributed by atoms with Gasteiger partial charge < -0.3 is 14.1 Å². The van der Waals surface area contributed by atoms with Gasteiger partial charge >= 0.3 is 0 Å². The van der Waals surface area contributed by atoms with E-state index in [9.17, 15) is 4.79 Å². The predicted octanol–water partition coefficient (Wildman–Crippen LogP) is 3.06. The molecule has 0 aliphatic carbocycles. The largest absolute Gasteiger partial charge is 0.497 e. The van der Waals surface area contributed by atoms with E-state index in [1.54, 1.807) is 7.11 Å². The molecular formula is C24H28N4O3. The summed E-state index contributed by atoms with van der Waals surface area (Å²) in [5.74, 6) is 2.25. The summed E-state index contributed by atoms with van der Waals surface area (Å²) >= 11 is 0. The molecular weight excluding hydrogens is 392 g/mol. The van der Waals surface area contributed by atoms with E-state index in [2.05, 4.69) is 15.1 Å². The lowest BCUT2D eigenvalue weighted by Gasteiger charge is -2.34. The number of aromatic nitrogens is 2. The highest BCUT2D eigenvalue weighted by Crippen LogP contribution is 2.18. The second-order valence-electron chi connectivity index (χ2n) is 7.69. The van der Waals surface area contributed by atoms with Crippen LogP contribution in [0.2, 0.25) is 0 Å². The number of benzene rings is 2. The Hall–Kier alpha value is -3.19. The predicted molar refractivity (Wildman–Crippen MR) is 118 cm³/mol. The minimum Gasteiger partial charge on any atom is -0.497 e. The summed E-state index contributed by atoms with van der Waals surface area (Å²) in [6.07, 6.45) is 1.97. The summed E-state index contributed by atoms with van der Waals surface area (Å²) in [4.78, 5) is 16.9. The average molecular weight is 421 g/mol. The van der Waals surface area contributed by atoms with Crippen molar-refractivity contribution in [2.75, 3.05) is 39.8 Å². The Balaban J connectivity index is 1.19. The van der Waals surface area contributed by atoms with Gasteiger partial charge in [0.2, 0.25) is 17.7 Å². The summed E-state index contributed by atoms with van der Waals surface area (Å²) in [7, 11) is 1.66. The van der Waals surface area contributed by atoms with Crippen LogP contribution in [0.25, 0.3) is 11.5 Å². The second kappa shape index (κ2) is 10.2. The summed E-state index contributed by atoms with van der Waals surface area (Å²) in [6.45, 7) is 4.10. The van der Waals surface area contributed by atoms with Crippen molar-refractivity contribution in [1.29, 1.82) is 0 Å². The molecule has 1 aliphatic rings. The fraction of sp³-hybridized carbons (Fsp3) is 0.375. The van der Waals surface area contributed by atoms with Crippen LogP contribution in [0, 0.1) is 0 Å². The number of aryl methyl sites for hydroxylation is 1. The van der Waals surface area contributed by atoms with Crippen LogP contribution in [-0.2, 0) is 17.6 Å². The van der Waals surface area contributed by atoms with E-state index >= 15 is 0 Å². The molecule has 3 aromatic rings. The fourth-order valence-corrected chi connectivity index (χ4v) is 3.76. The number of amides is 1. The van der Waals surface area contributed by atoms with E-state index in [-0.39, 0.29) is 5.91 Å². The molecule has 0 radical (unpaired) electrons. The van der Waals surface area contributed by atoms with Gasteiger partial charge in [-0.1, -0.05) is 30.3 Å². The molecule has 1 aromatic heterocycles. The third-order valence-corrected chi connectivity index (χ3v) is 5.62. The summed E-state index contributed by atoms with van der Waals surface area (Å²) in [5.41, 5.74) is 2.06. The molecule has 0 saturated carbocycles. The van der Waals surface area contributed by atoms with Crippen molar-refractivity contribution in [3.8, 4) is 17.2 Å². The SMILES string of the molecule is COc1cccc(CCC(=O)N2CCN(CCc3nnc(-c4ccccc4)o3)CC2)c1. The van der Waals surface area contributed by atoms with Crippen molar-refractivity contribution >= 4 is 5.91 Å². The third kappa shape index (κ3) is 5.70. The van der Waals surface area contributed by atoms with Crippen molar-refractivity contribution in [2.45, 2.75) is 19.3 Å². The highest BCUT2D eigenvalue weighted by atomic mass is 16.5. The van der Waals surface area contributed by atoms with Gasteiger partial charge in [-0.05, 0) is 36.2 Å². The molecule has 2 heterocycles. The van der Waals surface area contributed by atoms with Crippen molar-refractivity contribution in [3.05, 3.63) is 66.1 Å². The average Bonchev–Trinajstić information content (AvgIpc) is 3.31. The molecule has 31 heavy (non-hydrogen) atoms. The van der Waals surface area contributed by atoms with E-state index in [0.29, 0.717) is 24.6 Å². The molecule has 0 unspecified atom stereocenters. The van der Waals surface area contributed by atoms with Crippen LogP contribution in [0.3, 0.4) is 0 Å².